The van der Waals surface area contributed by atoms with Crippen LogP contribution in [0, 0.1) is 5.82 Å². The number of nitrogens with zero attached hydrogens (tertiary/aromatic N) is 1. The van der Waals surface area contributed by atoms with E-state index in [0.29, 0.717) is 21.5 Å². The standard InChI is InChI=1S/C29H27FN4O6S/c1-38-40-26(27(36)31-15-25(35)32-19-11-12-19)28-34-23-13-21(22(30)14-24(23)41-28)18-7-9-20(10-8-18)33-29(37)39-16-17-5-3-2-4-6-17/h2-10,13-14,19,26H,11-12,15-16H2,1H3,(H,31,36)(H,32,35)(H,33,37). The number of carbonyl (C=O) groups excluding carboxylic acids is 3. The molecule has 1 aromatic heterocycles. The van der Waals surface area contributed by atoms with Crippen LogP contribution in [0.1, 0.15) is 29.5 Å². The molecule has 3 aromatic carbocycles. The summed E-state index contributed by atoms with van der Waals surface area (Å²) in [4.78, 5) is 51.2. The molecule has 1 saturated carbocycles. The molecule has 1 aliphatic carbocycles. The van der Waals surface area contributed by atoms with Gasteiger partial charge in [0.15, 0.2) is 0 Å². The number of rotatable bonds is 11. The summed E-state index contributed by atoms with van der Waals surface area (Å²) in [5.41, 5.74) is 2.66. The molecule has 1 unspecified atom stereocenters. The van der Waals surface area contributed by atoms with Crippen LogP contribution in [-0.2, 0) is 30.7 Å². The number of benzene rings is 3. The Labute approximate surface area is 238 Å². The molecule has 0 spiro atoms. The van der Waals surface area contributed by atoms with E-state index < -0.39 is 23.9 Å². The van der Waals surface area contributed by atoms with Crippen molar-refractivity contribution in [1.82, 2.24) is 15.6 Å². The van der Waals surface area contributed by atoms with Crippen molar-refractivity contribution >= 4 is 45.1 Å². The Hall–Kier alpha value is -4.39. The lowest BCUT2D eigenvalue weighted by atomic mass is 10.0. The molecule has 1 heterocycles. The van der Waals surface area contributed by atoms with E-state index in [0.717, 1.165) is 29.7 Å². The van der Waals surface area contributed by atoms with Crippen LogP contribution in [0.15, 0.2) is 66.7 Å². The fraction of sp³-hybridized carbons (Fsp3) is 0.241. The molecular formula is C29H27FN4O6S. The highest BCUT2D eigenvalue weighted by atomic mass is 32.1. The molecule has 12 heteroatoms. The first kappa shape index (κ1) is 28.1. The van der Waals surface area contributed by atoms with E-state index in [9.17, 15) is 14.4 Å². The number of nitrogens with one attached hydrogen (secondary N) is 3. The summed E-state index contributed by atoms with van der Waals surface area (Å²) in [5, 5.41) is 8.20. The quantitative estimate of drug-likeness (QED) is 0.171. The van der Waals surface area contributed by atoms with Gasteiger partial charge in [0, 0.05) is 17.3 Å². The summed E-state index contributed by atoms with van der Waals surface area (Å²) in [6.07, 6.45) is 0.0169. The molecular weight excluding hydrogens is 551 g/mol. The van der Waals surface area contributed by atoms with Crippen LogP contribution in [0.25, 0.3) is 21.3 Å². The van der Waals surface area contributed by atoms with Crippen LogP contribution in [0.5, 0.6) is 0 Å². The van der Waals surface area contributed by atoms with E-state index in [1.807, 2.05) is 30.3 Å². The number of anilines is 1. The van der Waals surface area contributed by atoms with Gasteiger partial charge in [0.1, 0.15) is 17.4 Å². The number of thiazole rings is 1. The van der Waals surface area contributed by atoms with E-state index in [-0.39, 0.29) is 35.7 Å². The predicted molar refractivity (Wildman–Crippen MR) is 150 cm³/mol. The summed E-state index contributed by atoms with van der Waals surface area (Å²) >= 11 is 1.08. The third-order valence-corrected chi connectivity index (χ3v) is 7.23. The van der Waals surface area contributed by atoms with Gasteiger partial charge >= 0.3 is 6.09 Å². The number of hydrogen-bond acceptors (Lipinski definition) is 8. The minimum atomic E-state index is -1.25. The highest BCUT2D eigenvalue weighted by Gasteiger charge is 2.28. The number of carbonyl (C=O) groups is 3. The number of fused-ring (bicyclic) bond motifs is 1. The SMILES string of the molecule is COOC(C(=O)NCC(=O)NC1CC1)c1nc2cc(-c3ccc(NC(=O)OCc4ccccc4)cc3)c(F)cc2s1. The first-order valence-corrected chi connectivity index (χ1v) is 13.7. The molecule has 3 amide bonds. The first-order valence-electron chi connectivity index (χ1n) is 12.8. The van der Waals surface area contributed by atoms with E-state index in [2.05, 4.69) is 20.9 Å². The Balaban J connectivity index is 1.25. The lowest BCUT2D eigenvalue weighted by Crippen LogP contribution is -2.40. The van der Waals surface area contributed by atoms with Gasteiger partial charge in [-0.25, -0.2) is 23.9 Å². The summed E-state index contributed by atoms with van der Waals surface area (Å²) in [5.74, 6) is -1.39. The van der Waals surface area contributed by atoms with Crippen molar-refractivity contribution in [3.05, 3.63) is 83.1 Å². The number of ether oxygens (including phenoxy) is 1. The number of halogens is 1. The molecule has 0 bridgehead atoms. The van der Waals surface area contributed by atoms with Gasteiger partial charge in [-0.3, -0.25) is 14.9 Å². The lowest BCUT2D eigenvalue weighted by Gasteiger charge is -2.13. The Morgan fingerprint density at radius 1 is 1.07 bits per heavy atom. The molecule has 1 atom stereocenters. The van der Waals surface area contributed by atoms with Crippen LogP contribution in [-0.4, -0.2) is 42.6 Å². The van der Waals surface area contributed by atoms with Gasteiger partial charge in [-0.05, 0) is 48.2 Å². The number of aromatic nitrogens is 1. The van der Waals surface area contributed by atoms with E-state index >= 15 is 4.39 Å². The average Bonchev–Trinajstić information content (AvgIpc) is 3.70. The molecule has 0 saturated heterocycles. The monoisotopic (exact) mass is 578 g/mol. The maximum Gasteiger partial charge on any atom is 0.411 e. The second kappa shape index (κ2) is 12.9. The van der Waals surface area contributed by atoms with E-state index in [1.54, 1.807) is 30.3 Å². The second-order valence-electron chi connectivity index (χ2n) is 9.32. The maximum atomic E-state index is 15.1. The summed E-state index contributed by atoms with van der Waals surface area (Å²) in [6.45, 7) is -0.0719. The maximum absolute atomic E-state index is 15.1. The van der Waals surface area contributed by atoms with Gasteiger partial charge in [-0.2, -0.15) is 0 Å². The average molecular weight is 579 g/mol. The van der Waals surface area contributed by atoms with Crippen molar-refractivity contribution in [2.45, 2.75) is 31.6 Å². The summed E-state index contributed by atoms with van der Waals surface area (Å²) in [6, 6.07) is 19.0. The Kier molecular flexibility index (Phi) is 8.82. The van der Waals surface area contributed by atoms with Gasteiger partial charge in [0.2, 0.25) is 12.0 Å². The van der Waals surface area contributed by atoms with Crippen molar-refractivity contribution in [2.75, 3.05) is 19.0 Å². The van der Waals surface area contributed by atoms with Crippen LogP contribution < -0.4 is 16.0 Å². The fourth-order valence-electron chi connectivity index (χ4n) is 3.97. The van der Waals surface area contributed by atoms with Crippen LogP contribution >= 0.6 is 11.3 Å². The zero-order valence-corrected chi connectivity index (χ0v) is 22.8. The molecule has 212 valence electrons. The lowest BCUT2D eigenvalue weighted by molar-refractivity contribution is -0.300. The van der Waals surface area contributed by atoms with Gasteiger partial charge in [-0.1, -0.05) is 42.5 Å². The van der Waals surface area contributed by atoms with Gasteiger partial charge in [0.05, 0.1) is 23.9 Å². The summed E-state index contributed by atoms with van der Waals surface area (Å²) in [7, 11) is 1.26. The van der Waals surface area contributed by atoms with E-state index in [4.69, 9.17) is 14.5 Å². The van der Waals surface area contributed by atoms with E-state index in [1.165, 1.54) is 13.2 Å². The Morgan fingerprint density at radius 2 is 1.83 bits per heavy atom. The Morgan fingerprint density at radius 3 is 2.54 bits per heavy atom. The highest BCUT2D eigenvalue weighted by molar-refractivity contribution is 7.18. The molecule has 4 aromatic rings. The normalized spacial score (nSPS) is 13.4. The number of hydrogen-bond donors (Lipinski definition) is 3. The second-order valence-corrected chi connectivity index (χ2v) is 10.4. The molecule has 1 aliphatic rings. The fourth-order valence-corrected chi connectivity index (χ4v) is 4.96. The third-order valence-electron chi connectivity index (χ3n) is 6.17. The van der Waals surface area contributed by atoms with Crippen LogP contribution in [0.2, 0.25) is 0 Å². The molecule has 0 radical (unpaired) electrons. The molecule has 0 aliphatic heterocycles. The van der Waals surface area contributed by atoms with Gasteiger partial charge < -0.3 is 15.4 Å². The molecule has 1 fully saturated rings. The van der Waals surface area contributed by atoms with Crippen molar-refractivity contribution < 1.29 is 33.3 Å². The van der Waals surface area contributed by atoms with Gasteiger partial charge in [0.25, 0.3) is 5.91 Å². The molecule has 41 heavy (non-hydrogen) atoms. The van der Waals surface area contributed by atoms with Crippen LogP contribution in [0.4, 0.5) is 14.9 Å². The highest BCUT2D eigenvalue weighted by Crippen LogP contribution is 2.34. The van der Waals surface area contributed by atoms with Crippen molar-refractivity contribution in [3.63, 3.8) is 0 Å². The zero-order chi connectivity index (χ0) is 28.8. The topological polar surface area (TPSA) is 128 Å². The van der Waals surface area contributed by atoms with Crippen LogP contribution in [0.3, 0.4) is 0 Å². The smallest absolute Gasteiger partial charge is 0.411 e. The van der Waals surface area contributed by atoms with Crippen molar-refractivity contribution in [1.29, 1.82) is 0 Å². The first-order chi connectivity index (χ1) is 19.9. The minimum Gasteiger partial charge on any atom is -0.444 e. The third kappa shape index (κ3) is 7.42. The van der Waals surface area contributed by atoms with Crippen molar-refractivity contribution in [3.8, 4) is 11.1 Å². The largest absolute Gasteiger partial charge is 0.444 e. The van der Waals surface area contributed by atoms with Gasteiger partial charge in [-0.15, -0.1) is 11.3 Å². The summed E-state index contributed by atoms with van der Waals surface area (Å²) < 4.78 is 20.9. The zero-order valence-electron chi connectivity index (χ0n) is 22.0. The minimum absolute atomic E-state index is 0.138. The predicted octanol–water partition coefficient (Wildman–Crippen LogP) is 4.87. The molecule has 3 N–H and O–H groups in total. The molecule has 10 nitrogen and oxygen atoms in total. The number of amides is 3. The molecule has 5 rings (SSSR count). The Bertz CT molecular complexity index is 1540. The van der Waals surface area contributed by atoms with Crippen molar-refractivity contribution in [2.24, 2.45) is 0 Å².